The number of hydrogen-bond acceptors (Lipinski definition) is 3. The fraction of sp³-hybridized carbons (Fsp3) is 0.250. The molecule has 3 heteroatoms. The van der Waals surface area contributed by atoms with E-state index in [1.54, 1.807) is 19.2 Å². The SMILES string of the molecule is C#Cc1ccc(-c2ccc(C(=O)OC(C)(C)C)cc2)c(OC)c1. The van der Waals surface area contributed by atoms with E-state index in [0.717, 1.165) is 16.7 Å². The van der Waals surface area contributed by atoms with Gasteiger partial charge in [0.15, 0.2) is 0 Å². The lowest BCUT2D eigenvalue weighted by Gasteiger charge is -2.19. The van der Waals surface area contributed by atoms with Crippen molar-refractivity contribution >= 4 is 5.97 Å². The number of carbonyl (C=O) groups excluding carboxylic acids is 1. The number of hydrogen-bond donors (Lipinski definition) is 0. The summed E-state index contributed by atoms with van der Waals surface area (Å²) in [5.74, 6) is 2.95. The first-order chi connectivity index (χ1) is 10.8. The van der Waals surface area contributed by atoms with Crippen LogP contribution in [-0.4, -0.2) is 18.7 Å². The van der Waals surface area contributed by atoms with Gasteiger partial charge in [0.2, 0.25) is 0 Å². The molecule has 0 N–H and O–H groups in total. The van der Waals surface area contributed by atoms with Crippen molar-refractivity contribution in [3.63, 3.8) is 0 Å². The molecular weight excluding hydrogens is 288 g/mol. The van der Waals surface area contributed by atoms with Gasteiger partial charge in [0.25, 0.3) is 0 Å². The maximum atomic E-state index is 12.0. The van der Waals surface area contributed by atoms with Crippen LogP contribution in [-0.2, 0) is 4.74 Å². The quantitative estimate of drug-likeness (QED) is 0.626. The summed E-state index contributed by atoms with van der Waals surface area (Å²) in [6.07, 6.45) is 5.41. The summed E-state index contributed by atoms with van der Waals surface area (Å²) in [7, 11) is 1.61. The molecule has 118 valence electrons. The van der Waals surface area contributed by atoms with Gasteiger partial charge in [-0.3, -0.25) is 0 Å². The Morgan fingerprint density at radius 1 is 1.09 bits per heavy atom. The average Bonchev–Trinajstić information content (AvgIpc) is 2.52. The van der Waals surface area contributed by atoms with Crippen LogP contribution in [0.15, 0.2) is 42.5 Å². The summed E-state index contributed by atoms with van der Waals surface area (Å²) in [5.41, 5.74) is 2.63. The molecule has 2 aromatic rings. The highest BCUT2D eigenvalue weighted by Gasteiger charge is 2.18. The molecule has 0 atom stereocenters. The van der Waals surface area contributed by atoms with Crippen LogP contribution in [0.25, 0.3) is 11.1 Å². The van der Waals surface area contributed by atoms with Crippen LogP contribution in [0.4, 0.5) is 0 Å². The van der Waals surface area contributed by atoms with Crippen molar-refractivity contribution in [2.45, 2.75) is 26.4 Å². The van der Waals surface area contributed by atoms with Crippen LogP contribution in [0.5, 0.6) is 5.75 Å². The monoisotopic (exact) mass is 308 g/mol. The van der Waals surface area contributed by atoms with Crippen molar-refractivity contribution < 1.29 is 14.3 Å². The van der Waals surface area contributed by atoms with Crippen LogP contribution in [0, 0.1) is 12.3 Å². The Bertz CT molecular complexity index is 744. The second-order valence-electron chi connectivity index (χ2n) is 6.14. The molecule has 0 amide bonds. The minimum atomic E-state index is -0.510. The predicted molar refractivity (Wildman–Crippen MR) is 91.5 cm³/mol. The molecule has 0 radical (unpaired) electrons. The van der Waals surface area contributed by atoms with Gasteiger partial charge >= 0.3 is 5.97 Å². The first-order valence-electron chi connectivity index (χ1n) is 7.32. The number of benzene rings is 2. The lowest BCUT2D eigenvalue weighted by Crippen LogP contribution is -2.23. The van der Waals surface area contributed by atoms with E-state index < -0.39 is 5.60 Å². The van der Waals surface area contributed by atoms with E-state index in [-0.39, 0.29) is 5.97 Å². The zero-order chi connectivity index (χ0) is 17.0. The van der Waals surface area contributed by atoms with Crippen LogP contribution >= 0.6 is 0 Å². The molecule has 0 fully saturated rings. The van der Waals surface area contributed by atoms with Gasteiger partial charge in [-0.15, -0.1) is 6.42 Å². The Morgan fingerprint density at radius 3 is 2.26 bits per heavy atom. The summed E-state index contributed by atoms with van der Waals surface area (Å²) < 4.78 is 10.8. The van der Waals surface area contributed by atoms with E-state index >= 15 is 0 Å². The first kappa shape index (κ1) is 16.6. The van der Waals surface area contributed by atoms with Crippen LogP contribution in [0.3, 0.4) is 0 Å². The largest absolute Gasteiger partial charge is 0.496 e. The van der Waals surface area contributed by atoms with E-state index in [0.29, 0.717) is 11.3 Å². The molecule has 0 saturated heterocycles. The van der Waals surface area contributed by atoms with Gasteiger partial charge in [-0.2, -0.15) is 0 Å². The van der Waals surface area contributed by atoms with Gasteiger partial charge in [-0.25, -0.2) is 4.79 Å². The zero-order valence-electron chi connectivity index (χ0n) is 13.8. The summed E-state index contributed by atoms with van der Waals surface area (Å²) in [5, 5.41) is 0. The number of terminal acetylenes is 1. The highest BCUT2D eigenvalue weighted by Crippen LogP contribution is 2.31. The number of ether oxygens (including phenoxy) is 2. The summed E-state index contributed by atoms with van der Waals surface area (Å²) in [6.45, 7) is 5.53. The third-order valence-electron chi connectivity index (χ3n) is 3.20. The molecule has 0 heterocycles. The molecule has 0 aromatic heterocycles. The van der Waals surface area contributed by atoms with E-state index in [2.05, 4.69) is 5.92 Å². The van der Waals surface area contributed by atoms with Crippen molar-refractivity contribution in [2.24, 2.45) is 0 Å². The molecule has 0 unspecified atom stereocenters. The maximum Gasteiger partial charge on any atom is 0.338 e. The lowest BCUT2D eigenvalue weighted by molar-refractivity contribution is 0.00696. The first-order valence-corrected chi connectivity index (χ1v) is 7.32. The van der Waals surface area contributed by atoms with Crippen molar-refractivity contribution in [1.82, 2.24) is 0 Å². The summed E-state index contributed by atoms with van der Waals surface area (Å²) in [4.78, 5) is 12.0. The van der Waals surface area contributed by atoms with Gasteiger partial charge in [-0.1, -0.05) is 18.1 Å². The Kier molecular flexibility index (Phi) is 4.76. The number of esters is 1. The predicted octanol–water partition coefficient (Wildman–Crippen LogP) is 4.30. The normalized spacial score (nSPS) is 10.7. The van der Waals surface area contributed by atoms with Gasteiger partial charge in [-0.05, 0) is 56.7 Å². The topological polar surface area (TPSA) is 35.5 Å². The van der Waals surface area contributed by atoms with Crippen molar-refractivity contribution in [2.75, 3.05) is 7.11 Å². The molecule has 0 saturated carbocycles. The number of carbonyl (C=O) groups is 1. The van der Waals surface area contributed by atoms with Crippen LogP contribution < -0.4 is 4.74 Å². The third-order valence-corrected chi connectivity index (χ3v) is 3.20. The average molecular weight is 308 g/mol. The summed E-state index contributed by atoms with van der Waals surface area (Å²) >= 11 is 0. The molecule has 2 rings (SSSR count). The Balaban J connectivity index is 2.30. The van der Waals surface area contributed by atoms with Crippen molar-refractivity contribution in [3.8, 4) is 29.2 Å². The third kappa shape index (κ3) is 4.14. The molecule has 0 aliphatic rings. The fourth-order valence-electron chi connectivity index (χ4n) is 2.14. The Morgan fingerprint density at radius 2 is 1.74 bits per heavy atom. The Labute approximate surface area is 137 Å². The number of methoxy groups -OCH3 is 1. The molecule has 0 aliphatic heterocycles. The smallest absolute Gasteiger partial charge is 0.338 e. The zero-order valence-corrected chi connectivity index (χ0v) is 13.8. The maximum absolute atomic E-state index is 12.0. The molecule has 2 aromatic carbocycles. The van der Waals surface area contributed by atoms with Gasteiger partial charge < -0.3 is 9.47 Å². The van der Waals surface area contributed by atoms with E-state index in [1.165, 1.54) is 0 Å². The van der Waals surface area contributed by atoms with E-state index in [1.807, 2.05) is 51.1 Å². The van der Waals surface area contributed by atoms with Crippen molar-refractivity contribution in [1.29, 1.82) is 0 Å². The highest BCUT2D eigenvalue weighted by atomic mass is 16.6. The molecule has 23 heavy (non-hydrogen) atoms. The molecule has 0 spiro atoms. The van der Waals surface area contributed by atoms with Crippen LogP contribution in [0.2, 0.25) is 0 Å². The molecule has 3 nitrogen and oxygen atoms in total. The molecule has 0 aliphatic carbocycles. The van der Waals surface area contributed by atoms with Crippen molar-refractivity contribution in [3.05, 3.63) is 53.6 Å². The van der Waals surface area contributed by atoms with E-state index in [4.69, 9.17) is 15.9 Å². The second kappa shape index (κ2) is 6.58. The van der Waals surface area contributed by atoms with E-state index in [9.17, 15) is 4.79 Å². The lowest BCUT2D eigenvalue weighted by atomic mass is 10.0. The number of rotatable bonds is 3. The minimum Gasteiger partial charge on any atom is -0.496 e. The van der Waals surface area contributed by atoms with Gasteiger partial charge in [0.05, 0.1) is 12.7 Å². The fourth-order valence-corrected chi connectivity index (χ4v) is 2.14. The van der Waals surface area contributed by atoms with Gasteiger partial charge in [0, 0.05) is 11.1 Å². The standard InChI is InChI=1S/C20H20O3/c1-6-14-7-12-17(18(13-14)22-5)15-8-10-16(11-9-15)19(21)23-20(2,3)4/h1,7-13H,2-5H3. The second-order valence-corrected chi connectivity index (χ2v) is 6.14. The molecule has 0 bridgehead atoms. The minimum absolute atomic E-state index is 0.335. The Hall–Kier alpha value is -2.73. The molecular formula is C20H20O3. The summed E-state index contributed by atoms with van der Waals surface area (Å²) in [6, 6.07) is 12.8. The van der Waals surface area contributed by atoms with Gasteiger partial charge in [0.1, 0.15) is 11.4 Å². The highest BCUT2D eigenvalue weighted by molar-refractivity contribution is 5.90. The van der Waals surface area contributed by atoms with Crippen LogP contribution in [0.1, 0.15) is 36.7 Å².